The summed E-state index contributed by atoms with van der Waals surface area (Å²) in [5.74, 6) is 1.76. The monoisotopic (exact) mass is 325 g/mol. The number of aromatic nitrogens is 1. The van der Waals surface area contributed by atoms with Gasteiger partial charge in [0.25, 0.3) is 0 Å². The molecule has 1 aliphatic rings. The number of halogens is 1. The molecule has 0 aliphatic carbocycles. The predicted octanol–water partition coefficient (Wildman–Crippen LogP) is 3.85. The van der Waals surface area contributed by atoms with Crippen LogP contribution in [-0.2, 0) is 0 Å². The van der Waals surface area contributed by atoms with Gasteiger partial charge < -0.3 is 15.0 Å². The van der Waals surface area contributed by atoms with Crippen molar-refractivity contribution in [3.8, 4) is 17.0 Å². The molecule has 4 rings (SSSR count). The molecule has 0 fully saturated rings. The molecule has 0 atom stereocenters. The molecule has 4 nitrogen and oxygen atoms in total. The summed E-state index contributed by atoms with van der Waals surface area (Å²) < 4.78 is 5.25. The maximum Gasteiger partial charge on any atom is 0.131 e. The molecule has 0 unspecified atom stereocenters. The van der Waals surface area contributed by atoms with Crippen LogP contribution in [0.5, 0.6) is 5.75 Å². The number of hydrogen-bond acceptors (Lipinski definition) is 3. The third-order valence-electron chi connectivity index (χ3n) is 4.05. The van der Waals surface area contributed by atoms with Crippen LogP contribution in [0.1, 0.15) is 5.56 Å². The van der Waals surface area contributed by atoms with Gasteiger partial charge in [0.1, 0.15) is 11.6 Å². The molecular formula is C18H16ClN3O. The normalized spacial score (nSPS) is 13.9. The van der Waals surface area contributed by atoms with E-state index in [9.17, 15) is 0 Å². The van der Waals surface area contributed by atoms with E-state index >= 15 is 0 Å². The molecule has 1 aliphatic heterocycles. The van der Waals surface area contributed by atoms with Crippen LogP contribution < -0.4 is 10.1 Å². The minimum absolute atomic E-state index is 0.720. The number of nitrogens with zero attached hydrogens (tertiary/aromatic N) is 1. The number of methoxy groups -OCH3 is 1. The molecule has 2 aromatic carbocycles. The van der Waals surface area contributed by atoms with Crippen LogP contribution in [0.3, 0.4) is 0 Å². The summed E-state index contributed by atoms with van der Waals surface area (Å²) in [6.07, 6.45) is 0. The zero-order valence-corrected chi connectivity index (χ0v) is 13.4. The Labute approximate surface area is 139 Å². The molecule has 116 valence electrons. The highest BCUT2D eigenvalue weighted by molar-refractivity contribution is 6.31. The van der Waals surface area contributed by atoms with E-state index < -0.39 is 0 Å². The Morgan fingerprint density at radius 1 is 1.13 bits per heavy atom. The number of benzene rings is 2. The third kappa shape index (κ3) is 2.45. The van der Waals surface area contributed by atoms with Gasteiger partial charge in [0, 0.05) is 28.0 Å². The standard InChI is InChI=1S/C18H16ClN3O/c1-23-13-5-2-11(3-6-13)17-16(18-20-8-9-21-18)14-10-12(19)4-7-15(14)22-17/h2-7,10,22H,8-9H2,1H3,(H,20,21). The fraction of sp³-hybridized carbons (Fsp3) is 0.167. The van der Waals surface area contributed by atoms with E-state index in [1.165, 1.54) is 0 Å². The first-order chi connectivity index (χ1) is 11.3. The summed E-state index contributed by atoms with van der Waals surface area (Å²) in [6.45, 7) is 1.66. The van der Waals surface area contributed by atoms with Gasteiger partial charge in [-0.3, -0.25) is 4.99 Å². The van der Waals surface area contributed by atoms with E-state index in [0.717, 1.165) is 57.4 Å². The van der Waals surface area contributed by atoms with Gasteiger partial charge >= 0.3 is 0 Å². The predicted molar refractivity (Wildman–Crippen MR) is 94.7 cm³/mol. The second-order valence-electron chi connectivity index (χ2n) is 5.45. The number of H-pyrrole nitrogens is 1. The number of amidine groups is 1. The van der Waals surface area contributed by atoms with Crippen molar-refractivity contribution in [3.05, 3.63) is 53.1 Å². The molecule has 0 amide bonds. The Morgan fingerprint density at radius 3 is 2.65 bits per heavy atom. The van der Waals surface area contributed by atoms with Gasteiger partial charge in [-0.25, -0.2) is 0 Å². The van der Waals surface area contributed by atoms with Crippen molar-refractivity contribution >= 4 is 28.3 Å². The number of ether oxygens (including phenoxy) is 1. The summed E-state index contributed by atoms with van der Waals surface area (Å²) >= 11 is 6.20. The number of rotatable bonds is 3. The van der Waals surface area contributed by atoms with Crippen molar-refractivity contribution in [1.82, 2.24) is 10.3 Å². The maximum atomic E-state index is 6.20. The highest BCUT2D eigenvalue weighted by Gasteiger charge is 2.20. The van der Waals surface area contributed by atoms with Crippen molar-refractivity contribution in [2.45, 2.75) is 0 Å². The number of nitrogens with one attached hydrogen (secondary N) is 2. The molecule has 0 saturated carbocycles. The van der Waals surface area contributed by atoms with Crippen LogP contribution in [0.2, 0.25) is 5.02 Å². The lowest BCUT2D eigenvalue weighted by Crippen LogP contribution is -2.19. The Balaban J connectivity index is 1.95. The molecule has 0 bridgehead atoms. The third-order valence-corrected chi connectivity index (χ3v) is 4.29. The van der Waals surface area contributed by atoms with Crippen LogP contribution in [0.25, 0.3) is 22.2 Å². The van der Waals surface area contributed by atoms with Gasteiger partial charge in [-0.2, -0.15) is 0 Å². The van der Waals surface area contributed by atoms with E-state index in [1.54, 1.807) is 7.11 Å². The Hall–Kier alpha value is -2.46. The Kier molecular flexibility index (Phi) is 3.46. The molecular weight excluding hydrogens is 310 g/mol. The van der Waals surface area contributed by atoms with Gasteiger partial charge in [0.2, 0.25) is 0 Å². The molecule has 5 heteroatoms. The number of hydrogen-bond donors (Lipinski definition) is 2. The SMILES string of the molecule is COc1ccc(-c2[nH]c3ccc(Cl)cc3c2C2=NCCN2)cc1. The van der Waals surface area contributed by atoms with Crippen LogP contribution in [0, 0.1) is 0 Å². The lowest BCUT2D eigenvalue weighted by molar-refractivity contribution is 0.415. The van der Waals surface area contributed by atoms with E-state index in [2.05, 4.69) is 15.3 Å². The van der Waals surface area contributed by atoms with Crippen molar-refractivity contribution < 1.29 is 4.74 Å². The average Bonchev–Trinajstić information content (AvgIpc) is 3.21. The molecule has 23 heavy (non-hydrogen) atoms. The largest absolute Gasteiger partial charge is 0.497 e. The molecule has 0 radical (unpaired) electrons. The highest BCUT2D eigenvalue weighted by Crippen LogP contribution is 2.33. The van der Waals surface area contributed by atoms with Crippen molar-refractivity contribution in [1.29, 1.82) is 0 Å². The Bertz CT molecular complexity index is 897. The number of aromatic amines is 1. The average molecular weight is 326 g/mol. The summed E-state index contributed by atoms with van der Waals surface area (Å²) in [5, 5.41) is 5.17. The van der Waals surface area contributed by atoms with E-state index in [-0.39, 0.29) is 0 Å². The lowest BCUT2D eigenvalue weighted by Gasteiger charge is -2.07. The summed E-state index contributed by atoms with van der Waals surface area (Å²) in [4.78, 5) is 8.10. The molecule has 2 N–H and O–H groups in total. The van der Waals surface area contributed by atoms with Crippen LogP contribution in [-0.4, -0.2) is 31.0 Å². The fourth-order valence-electron chi connectivity index (χ4n) is 2.95. The zero-order chi connectivity index (χ0) is 15.8. The van der Waals surface area contributed by atoms with Crippen molar-refractivity contribution in [2.24, 2.45) is 4.99 Å². The molecule has 2 heterocycles. The Morgan fingerprint density at radius 2 is 1.96 bits per heavy atom. The fourth-order valence-corrected chi connectivity index (χ4v) is 3.12. The van der Waals surface area contributed by atoms with Crippen LogP contribution in [0.4, 0.5) is 0 Å². The molecule has 3 aromatic rings. The van der Waals surface area contributed by atoms with E-state index in [4.69, 9.17) is 16.3 Å². The first-order valence-corrected chi connectivity index (χ1v) is 7.88. The van der Waals surface area contributed by atoms with Crippen LogP contribution >= 0.6 is 11.6 Å². The molecule has 0 saturated heterocycles. The van der Waals surface area contributed by atoms with Gasteiger partial charge in [0.05, 0.1) is 19.3 Å². The minimum atomic E-state index is 0.720. The van der Waals surface area contributed by atoms with Crippen molar-refractivity contribution in [3.63, 3.8) is 0 Å². The number of fused-ring (bicyclic) bond motifs is 1. The van der Waals surface area contributed by atoms with E-state index in [1.807, 2.05) is 42.5 Å². The first kappa shape index (κ1) is 14.2. The number of aliphatic imine (C=N–C) groups is 1. The van der Waals surface area contributed by atoms with Gasteiger partial charge in [-0.1, -0.05) is 11.6 Å². The van der Waals surface area contributed by atoms with Gasteiger partial charge in [-0.15, -0.1) is 0 Å². The second kappa shape index (κ2) is 5.63. The highest BCUT2D eigenvalue weighted by atomic mass is 35.5. The first-order valence-electron chi connectivity index (χ1n) is 7.50. The smallest absolute Gasteiger partial charge is 0.131 e. The lowest BCUT2D eigenvalue weighted by atomic mass is 10.0. The summed E-state index contributed by atoms with van der Waals surface area (Å²) in [6, 6.07) is 13.9. The van der Waals surface area contributed by atoms with Gasteiger partial charge in [-0.05, 0) is 48.0 Å². The van der Waals surface area contributed by atoms with E-state index in [0.29, 0.717) is 0 Å². The minimum Gasteiger partial charge on any atom is -0.497 e. The quantitative estimate of drug-likeness (QED) is 0.768. The van der Waals surface area contributed by atoms with Gasteiger partial charge in [0.15, 0.2) is 0 Å². The van der Waals surface area contributed by atoms with Crippen molar-refractivity contribution in [2.75, 3.05) is 20.2 Å². The van der Waals surface area contributed by atoms with Crippen LogP contribution in [0.15, 0.2) is 47.5 Å². The zero-order valence-electron chi connectivity index (χ0n) is 12.7. The topological polar surface area (TPSA) is 49.4 Å². The maximum absolute atomic E-state index is 6.20. The summed E-state index contributed by atoms with van der Waals surface area (Å²) in [5.41, 5.74) is 4.25. The molecule has 1 aromatic heterocycles. The second-order valence-corrected chi connectivity index (χ2v) is 5.89. The molecule has 0 spiro atoms. The summed E-state index contributed by atoms with van der Waals surface area (Å²) in [7, 11) is 1.67.